The average Bonchev–Trinajstić information content (AvgIpc) is 2.27. The third-order valence-corrected chi connectivity index (χ3v) is 3.60. The maximum absolute atomic E-state index is 11.7. The van der Waals surface area contributed by atoms with Crippen LogP contribution in [-0.2, 0) is 10.2 Å². The van der Waals surface area contributed by atoms with Crippen LogP contribution in [-0.4, -0.2) is 15.0 Å². The number of nitrogen functional groups attached to an aromatic ring is 1. The zero-order valence-electron chi connectivity index (χ0n) is 10.4. The van der Waals surface area contributed by atoms with E-state index in [1.807, 2.05) is 26.8 Å². The Morgan fingerprint density at radius 2 is 1.94 bits per heavy atom. The number of rotatable bonds is 5. The first kappa shape index (κ1) is 13.8. The summed E-state index contributed by atoms with van der Waals surface area (Å²) in [6.45, 7) is 6.05. The Hall–Kier alpha value is -1.27. The summed E-state index contributed by atoms with van der Waals surface area (Å²) in [6.07, 6.45) is 0.739. The molecular weight excluding hydrogens is 238 g/mol. The lowest BCUT2D eigenvalue weighted by Crippen LogP contribution is -2.31. The van der Waals surface area contributed by atoms with Gasteiger partial charge in [-0.3, -0.25) is 4.72 Å². The van der Waals surface area contributed by atoms with Crippen LogP contribution in [0.4, 0.5) is 11.4 Å². The topological polar surface area (TPSA) is 84.2 Å². The predicted octanol–water partition coefficient (Wildman–Crippen LogP) is 1.54. The number of hydrogen-bond acceptors (Lipinski definition) is 3. The first-order valence-electron chi connectivity index (χ1n) is 5.50. The maximum Gasteiger partial charge on any atom is 0.299 e. The van der Waals surface area contributed by atoms with Gasteiger partial charge in [0.15, 0.2) is 0 Å². The van der Waals surface area contributed by atoms with Gasteiger partial charge in [-0.1, -0.05) is 13.0 Å². The van der Waals surface area contributed by atoms with Gasteiger partial charge in [-0.25, -0.2) is 0 Å². The van der Waals surface area contributed by atoms with Crippen molar-refractivity contribution >= 4 is 21.6 Å². The van der Waals surface area contributed by atoms with Crippen LogP contribution in [0.3, 0.4) is 0 Å². The Bertz CT molecular complexity index is 498. The average molecular weight is 257 g/mol. The van der Waals surface area contributed by atoms with E-state index in [0.717, 1.165) is 17.5 Å². The minimum Gasteiger partial charge on any atom is -0.397 e. The van der Waals surface area contributed by atoms with E-state index in [0.29, 0.717) is 17.9 Å². The highest BCUT2D eigenvalue weighted by atomic mass is 32.2. The highest BCUT2D eigenvalue weighted by Gasteiger charge is 2.13. The summed E-state index contributed by atoms with van der Waals surface area (Å²) in [4.78, 5) is 0. The van der Waals surface area contributed by atoms with Gasteiger partial charge >= 0.3 is 0 Å². The zero-order chi connectivity index (χ0) is 13.1. The van der Waals surface area contributed by atoms with Gasteiger partial charge in [-0.2, -0.15) is 13.1 Å². The zero-order valence-corrected chi connectivity index (χ0v) is 11.2. The molecule has 0 unspecified atom stereocenters. The van der Waals surface area contributed by atoms with Crippen molar-refractivity contribution in [2.24, 2.45) is 0 Å². The molecule has 1 rings (SSSR count). The van der Waals surface area contributed by atoms with Crippen LogP contribution in [0.25, 0.3) is 0 Å². The number of nitrogens with one attached hydrogen (secondary N) is 2. The van der Waals surface area contributed by atoms with Crippen molar-refractivity contribution in [3.05, 3.63) is 23.3 Å². The fraction of sp³-hybridized carbons (Fsp3) is 0.455. The van der Waals surface area contributed by atoms with Gasteiger partial charge in [-0.15, -0.1) is 0 Å². The Kier molecular flexibility index (Phi) is 4.36. The second-order valence-corrected chi connectivity index (χ2v) is 5.47. The molecule has 0 atom stereocenters. The van der Waals surface area contributed by atoms with Gasteiger partial charge in [0.1, 0.15) is 0 Å². The molecular formula is C11H19N3O2S. The fourth-order valence-corrected chi connectivity index (χ4v) is 2.46. The number of hydrogen-bond donors (Lipinski definition) is 3. The van der Waals surface area contributed by atoms with Crippen molar-refractivity contribution in [1.82, 2.24) is 4.72 Å². The molecule has 96 valence electrons. The van der Waals surface area contributed by atoms with Gasteiger partial charge < -0.3 is 5.73 Å². The summed E-state index contributed by atoms with van der Waals surface area (Å²) in [5.41, 5.74) is 8.48. The normalized spacial score (nSPS) is 11.5. The van der Waals surface area contributed by atoms with Gasteiger partial charge in [-0.05, 0) is 37.5 Å². The number of anilines is 2. The van der Waals surface area contributed by atoms with Crippen molar-refractivity contribution < 1.29 is 8.42 Å². The lowest BCUT2D eigenvalue weighted by atomic mass is 10.1. The number of nitrogens with two attached hydrogens (primary N) is 1. The predicted molar refractivity (Wildman–Crippen MR) is 71.2 cm³/mol. The molecule has 4 N–H and O–H groups in total. The Labute approximate surface area is 103 Å². The van der Waals surface area contributed by atoms with E-state index in [1.54, 1.807) is 6.07 Å². The van der Waals surface area contributed by atoms with Crippen LogP contribution in [0.1, 0.15) is 24.5 Å². The lowest BCUT2D eigenvalue weighted by Gasteiger charge is -2.14. The smallest absolute Gasteiger partial charge is 0.299 e. The molecule has 1 aromatic rings. The fourth-order valence-electron chi connectivity index (χ4n) is 1.38. The minimum atomic E-state index is -3.54. The Balaban J connectivity index is 2.99. The van der Waals surface area contributed by atoms with E-state index >= 15 is 0 Å². The van der Waals surface area contributed by atoms with Crippen molar-refractivity contribution in [3.63, 3.8) is 0 Å². The van der Waals surface area contributed by atoms with E-state index in [9.17, 15) is 8.42 Å². The third-order valence-electron chi connectivity index (χ3n) is 2.55. The SMILES string of the molecule is CCCNS(=O)(=O)Nc1c(N)ccc(C)c1C. The van der Waals surface area contributed by atoms with Crippen LogP contribution in [0.2, 0.25) is 0 Å². The molecule has 0 saturated heterocycles. The first-order valence-corrected chi connectivity index (χ1v) is 6.98. The van der Waals surface area contributed by atoms with Gasteiger partial charge in [0.25, 0.3) is 10.2 Å². The lowest BCUT2D eigenvalue weighted by molar-refractivity contribution is 0.586. The standard InChI is InChI=1S/C11H19N3O2S/c1-4-7-13-17(15,16)14-11-9(3)8(2)5-6-10(11)12/h5-6,13-14H,4,7,12H2,1-3H3. The first-order chi connectivity index (χ1) is 7.87. The van der Waals surface area contributed by atoms with Crippen molar-refractivity contribution in [2.75, 3.05) is 17.0 Å². The van der Waals surface area contributed by atoms with E-state index < -0.39 is 10.2 Å². The molecule has 0 bridgehead atoms. The van der Waals surface area contributed by atoms with Crippen molar-refractivity contribution in [1.29, 1.82) is 0 Å². The molecule has 17 heavy (non-hydrogen) atoms. The van der Waals surface area contributed by atoms with Crippen LogP contribution in [0.5, 0.6) is 0 Å². The molecule has 0 spiro atoms. The molecule has 0 aliphatic carbocycles. The highest BCUT2D eigenvalue weighted by Crippen LogP contribution is 2.26. The Morgan fingerprint density at radius 3 is 2.53 bits per heavy atom. The molecule has 6 heteroatoms. The quantitative estimate of drug-likeness (QED) is 0.700. The van der Waals surface area contributed by atoms with E-state index in [1.165, 1.54) is 0 Å². The summed E-state index contributed by atoms with van der Waals surface area (Å²) in [5.74, 6) is 0. The second-order valence-electron chi connectivity index (χ2n) is 3.97. The maximum atomic E-state index is 11.7. The Morgan fingerprint density at radius 1 is 1.29 bits per heavy atom. The summed E-state index contributed by atoms with van der Waals surface area (Å²) in [5, 5.41) is 0. The molecule has 0 fully saturated rings. The molecule has 0 radical (unpaired) electrons. The summed E-state index contributed by atoms with van der Waals surface area (Å²) < 4.78 is 28.3. The molecule has 0 aliphatic rings. The van der Waals surface area contributed by atoms with E-state index in [2.05, 4.69) is 9.44 Å². The molecule has 0 amide bonds. The second kappa shape index (κ2) is 5.37. The molecule has 0 heterocycles. The van der Waals surface area contributed by atoms with Gasteiger partial charge in [0.05, 0.1) is 11.4 Å². The molecule has 0 saturated carbocycles. The van der Waals surface area contributed by atoms with Crippen LogP contribution in [0, 0.1) is 13.8 Å². The van der Waals surface area contributed by atoms with Gasteiger partial charge in [0, 0.05) is 6.54 Å². The van der Waals surface area contributed by atoms with Crippen molar-refractivity contribution in [2.45, 2.75) is 27.2 Å². The minimum absolute atomic E-state index is 0.403. The van der Waals surface area contributed by atoms with Crippen LogP contribution < -0.4 is 15.2 Å². The van der Waals surface area contributed by atoms with Crippen LogP contribution in [0.15, 0.2) is 12.1 Å². The summed E-state index contributed by atoms with van der Waals surface area (Å²) in [7, 11) is -3.54. The van der Waals surface area contributed by atoms with Crippen LogP contribution >= 0.6 is 0 Å². The number of benzene rings is 1. The third kappa shape index (κ3) is 3.61. The largest absolute Gasteiger partial charge is 0.397 e. The number of aryl methyl sites for hydroxylation is 1. The molecule has 0 aromatic heterocycles. The van der Waals surface area contributed by atoms with Gasteiger partial charge in [0.2, 0.25) is 0 Å². The van der Waals surface area contributed by atoms with Crippen molar-refractivity contribution in [3.8, 4) is 0 Å². The molecule has 0 aliphatic heterocycles. The highest BCUT2D eigenvalue weighted by molar-refractivity contribution is 7.90. The summed E-state index contributed by atoms with van der Waals surface area (Å²) >= 11 is 0. The monoisotopic (exact) mass is 257 g/mol. The van der Waals surface area contributed by atoms with E-state index in [-0.39, 0.29) is 0 Å². The molecule has 1 aromatic carbocycles. The summed E-state index contributed by atoms with van der Waals surface area (Å²) in [6, 6.07) is 3.56. The van der Waals surface area contributed by atoms with E-state index in [4.69, 9.17) is 5.73 Å². The molecule has 5 nitrogen and oxygen atoms in total.